The molecule has 0 aliphatic heterocycles. The number of halogens is 1. The Bertz CT molecular complexity index is 220. The molecular formula is C7H5ClNO. The fourth-order valence-electron chi connectivity index (χ4n) is 0.588. The molecule has 0 unspecified atom stereocenters. The summed E-state index contributed by atoms with van der Waals surface area (Å²) in [5, 5.41) is 4.15. The van der Waals surface area contributed by atoms with Gasteiger partial charge >= 0.3 is 0 Å². The van der Waals surface area contributed by atoms with Crippen molar-refractivity contribution in [2.75, 3.05) is 0 Å². The molecule has 0 saturated heterocycles. The third-order valence-corrected chi connectivity index (χ3v) is 1.28. The number of nitrogens with zero attached hydrogens (tertiary/aromatic N) is 1. The van der Waals surface area contributed by atoms with Gasteiger partial charge in [-0.3, -0.25) is 4.79 Å². The third kappa shape index (κ3) is 1.74. The second-order valence-corrected chi connectivity index (χ2v) is 2.15. The zero-order valence-corrected chi connectivity index (χ0v) is 5.88. The standard InChI is InChI=1S/C7H5ClNO/c8-6-1-3-7(4-2-6)9-5-10/h1-5H. The maximum Gasteiger partial charge on any atom is 0.233 e. The molecule has 0 aliphatic carbocycles. The molecule has 10 heavy (non-hydrogen) atoms. The maximum absolute atomic E-state index is 9.86. The number of carbonyl (C=O) groups excluding carboxylic acids is 1. The van der Waals surface area contributed by atoms with Crippen molar-refractivity contribution >= 4 is 23.7 Å². The largest absolute Gasteiger partial charge is 0.276 e. The zero-order chi connectivity index (χ0) is 7.40. The Balaban J connectivity index is 2.78. The molecule has 1 rings (SSSR count). The minimum atomic E-state index is 0.503. The van der Waals surface area contributed by atoms with Crippen LogP contribution in [0, 0.1) is 0 Å². The normalized spacial score (nSPS) is 8.90. The first-order valence-electron chi connectivity index (χ1n) is 2.73. The molecule has 1 aromatic rings. The molecule has 0 fully saturated rings. The molecule has 0 atom stereocenters. The first-order chi connectivity index (χ1) is 4.83. The lowest BCUT2D eigenvalue weighted by molar-refractivity contribution is -0.108. The minimum absolute atomic E-state index is 0.503. The predicted octanol–water partition coefficient (Wildman–Crippen LogP) is 1.73. The van der Waals surface area contributed by atoms with Crippen molar-refractivity contribution in [1.82, 2.24) is 5.32 Å². The Hall–Kier alpha value is -1.02. The summed E-state index contributed by atoms with van der Waals surface area (Å²) in [5.74, 6) is 0. The van der Waals surface area contributed by atoms with Gasteiger partial charge in [0, 0.05) is 5.02 Å². The second-order valence-electron chi connectivity index (χ2n) is 1.71. The summed E-state index contributed by atoms with van der Waals surface area (Å²) in [6, 6.07) is 6.72. The fraction of sp³-hybridized carbons (Fsp3) is 0. The van der Waals surface area contributed by atoms with Gasteiger partial charge < -0.3 is 0 Å². The highest BCUT2D eigenvalue weighted by atomic mass is 35.5. The maximum atomic E-state index is 9.86. The van der Waals surface area contributed by atoms with Crippen LogP contribution in [-0.2, 0) is 4.79 Å². The van der Waals surface area contributed by atoms with Crippen LogP contribution in [-0.4, -0.2) is 6.41 Å². The van der Waals surface area contributed by atoms with Crippen molar-refractivity contribution in [3.05, 3.63) is 29.3 Å². The number of benzene rings is 1. The van der Waals surface area contributed by atoms with Gasteiger partial charge in [0.1, 0.15) is 0 Å². The monoisotopic (exact) mass is 154 g/mol. The molecule has 1 aromatic carbocycles. The first kappa shape index (κ1) is 7.09. The predicted molar refractivity (Wildman–Crippen MR) is 39.3 cm³/mol. The van der Waals surface area contributed by atoms with Gasteiger partial charge in [-0.2, -0.15) is 0 Å². The number of carbonyl (C=O) groups is 1. The van der Waals surface area contributed by atoms with E-state index in [1.54, 1.807) is 24.3 Å². The fourth-order valence-corrected chi connectivity index (χ4v) is 0.714. The van der Waals surface area contributed by atoms with Crippen LogP contribution >= 0.6 is 11.6 Å². The first-order valence-corrected chi connectivity index (χ1v) is 3.11. The Morgan fingerprint density at radius 2 is 1.90 bits per heavy atom. The average molecular weight is 155 g/mol. The topological polar surface area (TPSA) is 31.2 Å². The molecule has 51 valence electrons. The summed E-state index contributed by atoms with van der Waals surface area (Å²) < 4.78 is 0. The van der Waals surface area contributed by atoms with E-state index < -0.39 is 0 Å². The zero-order valence-electron chi connectivity index (χ0n) is 5.12. The second kappa shape index (κ2) is 3.22. The summed E-state index contributed by atoms with van der Waals surface area (Å²) >= 11 is 5.58. The summed E-state index contributed by atoms with van der Waals surface area (Å²) in [7, 11) is 0. The van der Waals surface area contributed by atoms with Crippen LogP contribution in [0.15, 0.2) is 24.3 Å². The number of amides is 1. The summed E-state index contributed by atoms with van der Waals surface area (Å²) in [6.45, 7) is 0. The molecule has 0 heterocycles. The van der Waals surface area contributed by atoms with Gasteiger partial charge in [0.05, 0.1) is 5.69 Å². The quantitative estimate of drug-likeness (QED) is 0.597. The molecule has 1 amide bonds. The Labute approximate surface area is 63.8 Å². The molecule has 2 nitrogen and oxygen atoms in total. The molecular weight excluding hydrogens is 150 g/mol. The molecule has 0 spiro atoms. The highest BCUT2D eigenvalue weighted by molar-refractivity contribution is 6.30. The van der Waals surface area contributed by atoms with E-state index in [0.29, 0.717) is 17.1 Å². The lowest BCUT2D eigenvalue weighted by atomic mass is 10.3. The van der Waals surface area contributed by atoms with Gasteiger partial charge in [-0.1, -0.05) is 11.6 Å². The SMILES string of the molecule is O=C[N]c1ccc(Cl)cc1. The van der Waals surface area contributed by atoms with Crippen molar-refractivity contribution in [2.24, 2.45) is 0 Å². The molecule has 0 N–H and O–H groups in total. The highest BCUT2D eigenvalue weighted by Gasteiger charge is 1.89. The van der Waals surface area contributed by atoms with Crippen LogP contribution in [0.5, 0.6) is 0 Å². The van der Waals surface area contributed by atoms with Crippen LogP contribution in [0.1, 0.15) is 0 Å². The minimum Gasteiger partial charge on any atom is -0.276 e. The molecule has 0 bridgehead atoms. The van der Waals surface area contributed by atoms with Crippen LogP contribution in [0.3, 0.4) is 0 Å². The molecule has 3 heteroatoms. The van der Waals surface area contributed by atoms with E-state index in [0.717, 1.165) is 0 Å². The van der Waals surface area contributed by atoms with E-state index in [1.807, 2.05) is 0 Å². The van der Waals surface area contributed by atoms with Gasteiger partial charge in [-0.15, -0.1) is 0 Å². The van der Waals surface area contributed by atoms with E-state index in [2.05, 4.69) is 5.32 Å². The summed E-state index contributed by atoms with van der Waals surface area (Å²) in [5.41, 5.74) is 0.624. The van der Waals surface area contributed by atoms with Gasteiger partial charge in [0.15, 0.2) is 0 Å². The van der Waals surface area contributed by atoms with Crippen LogP contribution in [0.2, 0.25) is 5.02 Å². The van der Waals surface area contributed by atoms with Crippen molar-refractivity contribution in [1.29, 1.82) is 0 Å². The smallest absolute Gasteiger partial charge is 0.233 e. The lowest BCUT2D eigenvalue weighted by Gasteiger charge is -1.92. The van der Waals surface area contributed by atoms with Gasteiger partial charge in [-0.25, -0.2) is 5.32 Å². The van der Waals surface area contributed by atoms with E-state index in [9.17, 15) is 4.79 Å². The van der Waals surface area contributed by atoms with Crippen LogP contribution < -0.4 is 5.32 Å². The molecule has 0 aromatic heterocycles. The Morgan fingerprint density at radius 1 is 1.30 bits per heavy atom. The van der Waals surface area contributed by atoms with Crippen LogP contribution in [0.4, 0.5) is 5.69 Å². The Kier molecular flexibility index (Phi) is 2.29. The van der Waals surface area contributed by atoms with Gasteiger partial charge in [-0.05, 0) is 24.3 Å². The van der Waals surface area contributed by atoms with Gasteiger partial charge in [0.2, 0.25) is 6.41 Å². The van der Waals surface area contributed by atoms with Crippen molar-refractivity contribution < 1.29 is 4.79 Å². The van der Waals surface area contributed by atoms with E-state index in [1.165, 1.54) is 0 Å². The highest BCUT2D eigenvalue weighted by Crippen LogP contribution is 2.12. The molecule has 0 saturated carbocycles. The molecule has 0 aliphatic rings. The van der Waals surface area contributed by atoms with E-state index in [4.69, 9.17) is 11.6 Å². The number of rotatable bonds is 2. The van der Waals surface area contributed by atoms with E-state index >= 15 is 0 Å². The summed E-state index contributed by atoms with van der Waals surface area (Å²) in [4.78, 5) is 9.86. The number of hydrogen-bond donors (Lipinski definition) is 0. The average Bonchev–Trinajstić information content (AvgIpc) is 1.95. The third-order valence-electron chi connectivity index (χ3n) is 1.03. The van der Waals surface area contributed by atoms with E-state index in [-0.39, 0.29) is 0 Å². The number of hydrogen-bond acceptors (Lipinski definition) is 1. The Morgan fingerprint density at radius 3 is 2.40 bits per heavy atom. The van der Waals surface area contributed by atoms with Crippen molar-refractivity contribution in [3.63, 3.8) is 0 Å². The lowest BCUT2D eigenvalue weighted by Crippen LogP contribution is -1.90. The van der Waals surface area contributed by atoms with Crippen LogP contribution in [0.25, 0.3) is 0 Å². The van der Waals surface area contributed by atoms with Crippen molar-refractivity contribution in [3.8, 4) is 0 Å². The summed E-state index contributed by atoms with van der Waals surface area (Å²) in [6.07, 6.45) is 0.503. The molecule has 1 radical (unpaired) electrons. The van der Waals surface area contributed by atoms with Crippen molar-refractivity contribution in [2.45, 2.75) is 0 Å². The van der Waals surface area contributed by atoms with Gasteiger partial charge in [0.25, 0.3) is 0 Å².